The highest BCUT2D eigenvalue weighted by atomic mass is 79.9. The SMILES string of the molecule is COc1ccc([C@@H](Br)[C@@H](Br)C(=O)c2ccc3ccccc3c2)cc1. The first-order valence-electron chi connectivity index (χ1n) is 7.55. The molecule has 2 nitrogen and oxygen atoms in total. The van der Waals surface area contributed by atoms with E-state index >= 15 is 0 Å². The minimum atomic E-state index is -0.355. The molecule has 0 aliphatic carbocycles. The molecule has 0 unspecified atom stereocenters. The Morgan fingerprint density at radius 3 is 2.25 bits per heavy atom. The van der Waals surface area contributed by atoms with Gasteiger partial charge in [-0.2, -0.15) is 0 Å². The monoisotopic (exact) mass is 446 g/mol. The van der Waals surface area contributed by atoms with Crippen LogP contribution >= 0.6 is 31.9 Å². The number of hydrogen-bond acceptors (Lipinski definition) is 2. The van der Waals surface area contributed by atoms with Gasteiger partial charge in [-0.15, -0.1) is 0 Å². The molecule has 122 valence electrons. The Morgan fingerprint density at radius 1 is 0.917 bits per heavy atom. The number of fused-ring (bicyclic) bond motifs is 1. The van der Waals surface area contributed by atoms with Crippen molar-refractivity contribution >= 4 is 48.4 Å². The van der Waals surface area contributed by atoms with Gasteiger partial charge in [-0.3, -0.25) is 4.79 Å². The highest BCUT2D eigenvalue weighted by Gasteiger charge is 2.26. The molecule has 3 rings (SSSR count). The maximum atomic E-state index is 12.8. The highest BCUT2D eigenvalue weighted by molar-refractivity contribution is 9.12. The molecule has 2 atom stereocenters. The largest absolute Gasteiger partial charge is 0.497 e. The van der Waals surface area contributed by atoms with E-state index in [-0.39, 0.29) is 15.4 Å². The molecule has 0 N–H and O–H groups in total. The molecule has 0 saturated carbocycles. The Kier molecular flexibility index (Phi) is 5.36. The van der Waals surface area contributed by atoms with Gasteiger partial charge >= 0.3 is 0 Å². The van der Waals surface area contributed by atoms with Gasteiger partial charge in [0.15, 0.2) is 5.78 Å². The Bertz CT molecular complexity index is 859. The first-order valence-corrected chi connectivity index (χ1v) is 9.38. The van der Waals surface area contributed by atoms with E-state index in [9.17, 15) is 4.79 Å². The summed E-state index contributed by atoms with van der Waals surface area (Å²) in [5.41, 5.74) is 1.72. The molecule has 3 aromatic rings. The van der Waals surface area contributed by atoms with E-state index < -0.39 is 0 Å². The minimum Gasteiger partial charge on any atom is -0.497 e. The third-order valence-electron chi connectivity index (χ3n) is 3.98. The molecule has 0 aromatic heterocycles. The fourth-order valence-electron chi connectivity index (χ4n) is 2.59. The number of benzene rings is 3. The van der Waals surface area contributed by atoms with Crippen molar-refractivity contribution in [2.45, 2.75) is 9.65 Å². The molecule has 24 heavy (non-hydrogen) atoms. The van der Waals surface area contributed by atoms with Gasteiger partial charge < -0.3 is 4.74 Å². The third kappa shape index (κ3) is 3.55. The summed E-state index contributed by atoms with van der Waals surface area (Å²) >= 11 is 7.19. The van der Waals surface area contributed by atoms with Crippen molar-refractivity contribution in [1.29, 1.82) is 0 Å². The van der Waals surface area contributed by atoms with Crippen LogP contribution in [0.4, 0.5) is 0 Å². The Hall–Kier alpha value is -1.65. The molecule has 4 heteroatoms. The maximum absolute atomic E-state index is 12.8. The summed E-state index contributed by atoms with van der Waals surface area (Å²) in [7, 11) is 1.64. The number of hydrogen-bond donors (Lipinski definition) is 0. The summed E-state index contributed by atoms with van der Waals surface area (Å²) in [6.45, 7) is 0. The minimum absolute atomic E-state index is 0.0541. The quantitative estimate of drug-likeness (QED) is 0.357. The molecule has 0 heterocycles. The lowest BCUT2D eigenvalue weighted by molar-refractivity contribution is 0.0991. The van der Waals surface area contributed by atoms with Gasteiger partial charge in [0.05, 0.1) is 16.8 Å². The van der Waals surface area contributed by atoms with E-state index in [2.05, 4.69) is 31.9 Å². The number of ether oxygens (including phenoxy) is 1. The molecule has 0 bridgehead atoms. The zero-order valence-corrected chi connectivity index (χ0v) is 16.2. The van der Waals surface area contributed by atoms with Crippen molar-refractivity contribution in [2.24, 2.45) is 0 Å². The summed E-state index contributed by atoms with van der Waals surface area (Å²) in [4.78, 5) is 12.3. The molecule has 0 spiro atoms. The number of halogens is 2. The van der Waals surface area contributed by atoms with Crippen LogP contribution in [-0.4, -0.2) is 17.7 Å². The summed E-state index contributed by atoms with van der Waals surface area (Å²) < 4.78 is 5.17. The second-order valence-corrected chi connectivity index (χ2v) is 7.48. The first kappa shape index (κ1) is 17.2. The van der Waals surface area contributed by atoms with Gasteiger partial charge in [-0.1, -0.05) is 80.4 Å². The van der Waals surface area contributed by atoms with Gasteiger partial charge in [0.2, 0.25) is 0 Å². The van der Waals surface area contributed by atoms with Crippen molar-refractivity contribution in [1.82, 2.24) is 0 Å². The van der Waals surface area contributed by atoms with Crippen LogP contribution in [0.3, 0.4) is 0 Å². The van der Waals surface area contributed by atoms with E-state index in [1.807, 2.05) is 66.7 Å². The molecule has 3 aromatic carbocycles. The average Bonchev–Trinajstić information content (AvgIpc) is 2.66. The lowest BCUT2D eigenvalue weighted by Gasteiger charge is -2.17. The third-order valence-corrected chi connectivity index (χ3v) is 6.69. The standard InChI is InChI=1S/C20H16Br2O2/c1-24-17-10-8-14(9-11-17)18(21)19(22)20(23)16-7-6-13-4-2-3-5-15(13)12-16/h2-12,18-19H,1H3/t18-,19-/m1/s1. The number of rotatable bonds is 5. The second-order valence-electron chi connectivity index (χ2n) is 5.50. The predicted octanol–water partition coefficient (Wildman–Crippen LogP) is 5.93. The molecule has 0 amide bonds. The number of Topliss-reactive ketones (excluding diaryl/α,β-unsaturated/α-hetero) is 1. The van der Waals surface area contributed by atoms with Crippen LogP contribution < -0.4 is 4.74 Å². The van der Waals surface area contributed by atoms with Crippen LogP contribution in [0.1, 0.15) is 20.7 Å². The summed E-state index contributed by atoms with van der Waals surface area (Å²) in [6, 6.07) is 21.5. The predicted molar refractivity (Wildman–Crippen MR) is 106 cm³/mol. The molecular weight excluding hydrogens is 432 g/mol. The van der Waals surface area contributed by atoms with Crippen LogP contribution in [-0.2, 0) is 0 Å². The lowest BCUT2D eigenvalue weighted by atomic mass is 10.00. The van der Waals surface area contributed by atoms with Gasteiger partial charge in [-0.05, 0) is 34.5 Å². The summed E-state index contributed by atoms with van der Waals surface area (Å²) in [5.74, 6) is 0.851. The number of carbonyl (C=O) groups excluding carboxylic acids is 1. The van der Waals surface area contributed by atoms with Crippen LogP contribution in [0, 0.1) is 0 Å². The maximum Gasteiger partial charge on any atom is 0.177 e. The van der Waals surface area contributed by atoms with E-state index in [4.69, 9.17) is 4.74 Å². The van der Waals surface area contributed by atoms with Crippen molar-refractivity contribution in [2.75, 3.05) is 7.11 Å². The number of alkyl halides is 2. The number of methoxy groups -OCH3 is 1. The van der Waals surface area contributed by atoms with Crippen molar-refractivity contribution in [3.8, 4) is 5.75 Å². The van der Waals surface area contributed by atoms with E-state index in [0.29, 0.717) is 5.56 Å². The van der Waals surface area contributed by atoms with Crippen molar-refractivity contribution < 1.29 is 9.53 Å². The molecule has 0 aliphatic heterocycles. The molecular formula is C20H16Br2O2. The number of ketones is 1. The zero-order valence-electron chi connectivity index (χ0n) is 13.1. The Morgan fingerprint density at radius 2 is 1.58 bits per heavy atom. The highest BCUT2D eigenvalue weighted by Crippen LogP contribution is 2.34. The summed E-state index contributed by atoms with van der Waals surface area (Å²) in [6.07, 6.45) is 0. The van der Waals surface area contributed by atoms with Gasteiger partial charge in [0.1, 0.15) is 5.75 Å². The normalized spacial score (nSPS) is 13.5. The van der Waals surface area contributed by atoms with Crippen LogP contribution in [0.25, 0.3) is 10.8 Å². The fourth-order valence-corrected chi connectivity index (χ4v) is 3.71. The molecule has 0 aliphatic rings. The smallest absolute Gasteiger partial charge is 0.177 e. The van der Waals surface area contributed by atoms with Gasteiger partial charge in [0, 0.05) is 5.56 Å². The lowest BCUT2D eigenvalue weighted by Crippen LogP contribution is -2.19. The molecule has 0 saturated heterocycles. The van der Waals surface area contributed by atoms with Crippen LogP contribution in [0.5, 0.6) is 5.75 Å². The fraction of sp³-hybridized carbons (Fsp3) is 0.150. The van der Waals surface area contributed by atoms with E-state index in [1.165, 1.54) is 0 Å². The van der Waals surface area contributed by atoms with Crippen LogP contribution in [0.2, 0.25) is 0 Å². The average molecular weight is 448 g/mol. The molecule has 0 fully saturated rings. The first-order chi connectivity index (χ1) is 11.6. The van der Waals surface area contributed by atoms with E-state index in [1.54, 1.807) is 7.11 Å². The Balaban J connectivity index is 1.83. The summed E-state index contributed by atoms with van der Waals surface area (Å²) in [5, 5.41) is 2.20. The zero-order chi connectivity index (χ0) is 17.1. The number of carbonyl (C=O) groups is 1. The molecule has 0 radical (unpaired) electrons. The van der Waals surface area contributed by atoms with Crippen molar-refractivity contribution in [3.63, 3.8) is 0 Å². The van der Waals surface area contributed by atoms with Crippen molar-refractivity contribution in [3.05, 3.63) is 77.9 Å². The van der Waals surface area contributed by atoms with Crippen LogP contribution in [0.15, 0.2) is 66.7 Å². The van der Waals surface area contributed by atoms with Gasteiger partial charge in [-0.25, -0.2) is 0 Å². The second kappa shape index (κ2) is 7.49. The van der Waals surface area contributed by atoms with Gasteiger partial charge in [0.25, 0.3) is 0 Å². The Labute approximate surface area is 158 Å². The van der Waals surface area contributed by atoms with E-state index in [0.717, 1.165) is 22.1 Å². The topological polar surface area (TPSA) is 26.3 Å².